The Morgan fingerprint density at radius 2 is 2.27 bits per heavy atom. The maximum absolute atomic E-state index is 10.7. The van der Waals surface area contributed by atoms with Gasteiger partial charge in [0.2, 0.25) is 11.5 Å². The van der Waals surface area contributed by atoms with Gasteiger partial charge >= 0.3 is 5.97 Å². The van der Waals surface area contributed by atoms with E-state index in [0.717, 1.165) is 11.1 Å². The largest absolute Gasteiger partial charge is 0.475 e. The fraction of sp³-hybridized carbons (Fsp3) is 0.273. The van der Waals surface area contributed by atoms with Crippen LogP contribution in [-0.4, -0.2) is 16.1 Å². The second-order valence-corrected chi connectivity index (χ2v) is 3.82. The lowest BCUT2D eigenvalue weighted by Gasteiger charge is -1.94. The number of aromatic carboxylic acids is 1. The molecule has 15 heavy (non-hydrogen) atoms. The number of furan rings is 1. The highest BCUT2D eigenvalue weighted by Crippen LogP contribution is 2.39. The molecule has 0 spiro atoms. The van der Waals surface area contributed by atoms with Gasteiger partial charge in [-0.05, 0) is 25.0 Å². The highest BCUT2D eigenvalue weighted by atomic mass is 16.4. The molecule has 0 unspecified atom stereocenters. The number of carboxylic acids is 1. The molecule has 1 fully saturated rings. The number of nitrogens with zero attached hydrogens (tertiary/aromatic N) is 1. The molecule has 0 aliphatic heterocycles. The Labute approximate surface area is 85.5 Å². The third kappa shape index (κ3) is 1.38. The van der Waals surface area contributed by atoms with Crippen LogP contribution in [0.4, 0.5) is 0 Å². The Bertz CT molecular complexity index is 540. The van der Waals surface area contributed by atoms with Gasteiger partial charge in [-0.15, -0.1) is 0 Å². The summed E-state index contributed by atoms with van der Waals surface area (Å²) in [4.78, 5) is 15.0. The summed E-state index contributed by atoms with van der Waals surface area (Å²) < 4.78 is 5.14. The van der Waals surface area contributed by atoms with Crippen molar-refractivity contribution in [1.82, 2.24) is 4.98 Å². The zero-order valence-electron chi connectivity index (χ0n) is 7.93. The molecule has 0 aromatic carbocycles. The first-order chi connectivity index (χ1) is 7.24. The molecular weight excluding hydrogens is 194 g/mol. The number of fused-ring (bicyclic) bond motifs is 1. The fourth-order valence-electron chi connectivity index (χ4n) is 1.64. The summed E-state index contributed by atoms with van der Waals surface area (Å²) in [5.41, 5.74) is 1.44. The Kier molecular flexibility index (Phi) is 1.59. The average molecular weight is 203 g/mol. The van der Waals surface area contributed by atoms with E-state index >= 15 is 0 Å². The molecule has 0 atom stereocenters. The first-order valence-corrected chi connectivity index (χ1v) is 4.88. The van der Waals surface area contributed by atoms with E-state index in [1.165, 1.54) is 18.9 Å². The van der Waals surface area contributed by atoms with Gasteiger partial charge in [0.25, 0.3) is 0 Å². The van der Waals surface area contributed by atoms with Crippen LogP contribution in [0.2, 0.25) is 0 Å². The predicted octanol–water partition coefficient (Wildman–Crippen LogP) is 2.40. The Morgan fingerprint density at radius 3 is 2.93 bits per heavy atom. The Balaban J connectivity index is 2.13. The van der Waals surface area contributed by atoms with Crippen LogP contribution in [-0.2, 0) is 0 Å². The highest BCUT2D eigenvalue weighted by Gasteiger charge is 2.25. The first kappa shape index (κ1) is 8.47. The van der Waals surface area contributed by atoms with Crippen molar-refractivity contribution < 1.29 is 14.3 Å². The van der Waals surface area contributed by atoms with Crippen molar-refractivity contribution in [1.29, 1.82) is 0 Å². The van der Waals surface area contributed by atoms with Gasteiger partial charge in [0, 0.05) is 23.1 Å². The standard InChI is InChI=1S/C11H9NO3/c13-11(14)9-5-7-3-4-8(6-1-2-6)12-10(7)15-9/h3-6H,1-2H2,(H,13,14). The van der Waals surface area contributed by atoms with Crippen molar-refractivity contribution in [3.8, 4) is 0 Å². The van der Waals surface area contributed by atoms with Gasteiger partial charge in [0.1, 0.15) is 0 Å². The van der Waals surface area contributed by atoms with Crippen molar-refractivity contribution in [2.45, 2.75) is 18.8 Å². The maximum Gasteiger partial charge on any atom is 0.371 e. The van der Waals surface area contributed by atoms with Gasteiger partial charge in [-0.3, -0.25) is 0 Å². The van der Waals surface area contributed by atoms with Crippen molar-refractivity contribution >= 4 is 17.1 Å². The van der Waals surface area contributed by atoms with Crippen LogP contribution in [0.15, 0.2) is 22.6 Å². The Morgan fingerprint density at radius 1 is 1.47 bits per heavy atom. The molecule has 0 amide bonds. The molecule has 1 saturated carbocycles. The lowest BCUT2D eigenvalue weighted by molar-refractivity contribution is 0.0664. The second kappa shape index (κ2) is 2.82. The van der Waals surface area contributed by atoms with Crippen molar-refractivity contribution in [3.05, 3.63) is 29.7 Å². The number of carboxylic acid groups (broad SMARTS) is 1. The van der Waals surface area contributed by atoms with E-state index in [-0.39, 0.29) is 5.76 Å². The third-order valence-corrected chi connectivity index (χ3v) is 2.61. The molecule has 4 heteroatoms. The summed E-state index contributed by atoms with van der Waals surface area (Å²) in [6, 6.07) is 5.31. The van der Waals surface area contributed by atoms with E-state index in [2.05, 4.69) is 4.98 Å². The van der Waals surface area contributed by atoms with E-state index < -0.39 is 5.97 Å². The number of rotatable bonds is 2. The number of pyridine rings is 1. The quantitative estimate of drug-likeness (QED) is 0.813. The topological polar surface area (TPSA) is 63.3 Å². The number of aromatic nitrogens is 1. The zero-order valence-corrected chi connectivity index (χ0v) is 7.93. The molecule has 1 N–H and O–H groups in total. The molecule has 0 bridgehead atoms. The van der Waals surface area contributed by atoms with E-state index in [1.807, 2.05) is 12.1 Å². The van der Waals surface area contributed by atoms with Crippen molar-refractivity contribution in [3.63, 3.8) is 0 Å². The van der Waals surface area contributed by atoms with Gasteiger partial charge in [-0.2, -0.15) is 0 Å². The van der Waals surface area contributed by atoms with Crippen LogP contribution in [0.5, 0.6) is 0 Å². The Hall–Kier alpha value is -1.84. The lowest BCUT2D eigenvalue weighted by Crippen LogP contribution is -1.91. The van der Waals surface area contributed by atoms with Gasteiger partial charge < -0.3 is 9.52 Å². The third-order valence-electron chi connectivity index (χ3n) is 2.61. The van der Waals surface area contributed by atoms with Gasteiger partial charge in [-0.1, -0.05) is 0 Å². The highest BCUT2D eigenvalue weighted by molar-refractivity contribution is 5.90. The molecule has 0 saturated heterocycles. The average Bonchev–Trinajstić information content (AvgIpc) is 2.96. The summed E-state index contributed by atoms with van der Waals surface area (Å²) in [6.45, 7) is 0. The van der Waals surface area contributed by atoms with Crippen LogP contribution in [0, 0.1) is 0 Å². The van der Waals surface area contributed by atoms with E-state index in [0.29, 0.717) is 11.6 Å². The number of hydrogen-bond acceptors (Lipinski definition) is 3. The van der Waals surface area contributed by atoms with Crippen molar-refractivity contribution in [2.24, 2.45) is 0 Å². The molecule has 1 aliphatic carbocycles. The summed E-state index contributed by atoms with van der Waals surface area (Å²) in [7, 11) is 0. The molecule has 0 radical (unpaired) electrons. The fourth-order valence-corrected chi connectivity index (χ4v) is 1.64. The van der Waals surface area contributed by atoms with E-state index in [1.54, 1.807) is 0 Å². The molecular formula is C11H9NO3. The predicted molar refractivity (Wildman–Crippen MR) is 52.9 cm³/mol. The molecule has 3 rings (SSSR count). The maximum atomic E-state index is 10.7. The molecule has 1 aliphatic rings. The van der Waals surface area contributed by atoms with Crippen LogP contribution in [0.1, 0.15) is 35.0 Å². The van der Waals surface area contributed by atoms with Gasteiger partial charge in [-0.25, -0.2) is 9.78 Å². The van der Waals surface area contributed by atoms with Crippen LogP contribution in [0.3, 0.4) is 0 Å². The molecule has 4 nitrogen and oxygen atoms in total. The van der Waals surface area contributed by atoms with Crippen LogP contribution in [0.25, 0.3) is 11.1 Å². The number of carbonyl (C=O) groups is 1. The smallest absolute Gasteiger partial charge is 0.371 e. The summed E-state index contributed by atoms with van der Waals surface area (Å²) in [6.07, 6.45) is 2.34. The minimum absolute atomic E-state index is 0.0505. The van der Waals surface area contributed by atoms with E-state index in [4.69, 9.17) is 9.52 Å². The second-order valence-electron chi connectivity index (χ2n) is 3.82. The monoisotopic (exact) mass is 203 g/mol. The summed E-state index contributed by atoms with van der Waals surface area (Å²) in [5.74, 6) is -0.556. The first-order valence-electron chi connectivity index (χ1n) is 4.88. The summed E-state index contributed by atoms with van der Waals surface area (Å²) in [5, 5.41) is 9.50. The SMILES string of the molecule is O=C(O)c1cc2ccc(C3CC3)nc2o1. The minimum atomic E-state index is -1.05. The molecule has 2 heterocycles. The van der Waals surface area contributed by atoms with Gasteiger partial charge in [0.15, 0.2) is 0 Å². The minimum Gasteiger partial charge on any atom is -0.475 e. The van der Waals surface area contributed by atoms with Gasteiger partial charge in [0.05, 0.1) is 0 Å². The van der Waals surface area contributed by atoms with E-state index in [9.17, 15) is 4.79 Å². The molecule has 2 aromatic rings. The lowest BCUT2D eigenvalue weighted by atomic mass is 10.2. The van der Waals surface area contributed by atoms with Crippen LogP contribution < -0.4 is 0 Å². The van der Waals surface area contributed by atoms with Crippen LogP contribution >= 0.6 is 0 Å². The zero-order chi connectivity index (χ0) is 10.4. The number of hydrogen-bond donors (Lipinski definition) is 1. The summed E-state index contributed by atoms with van der Waals surface area (Å²) >= 11 is 0. The normalized spacial score (nSPS) is 15.7. The molecule has 2 aromatic heterocycles. The van der Waals surface area contributed by atoms with Crippen molar-refractivity contribution in [2.75, 3.05) is 0 Å². The molecule has 76 valence electrons.